The largest absolute Gasteiger partial charge is 0.466 e. The Kier molecular flexibility index (Phi) is 4.31. The highest BCUT2D eigenvalue weighted by Gasteiger charge is 2.29. The van der Waals surface area contributed by atoms with Gasteiger partial charge in [-0.15, -0.1) is 0 Å². The summed E-state index contributed by atoms with van der Waals surface area (Å²) in [6, 6.07) is 8.55. The average molecular weight is 335 g/mol. The summed E-state index contributed by atoms with van der Waals surface area (Å²) in [4.78, 5) is 0.244. The Morgan fingerprint density at radius 2 is 1.96 bits per heavy atom. The molecule has 0 spiro atoms. The highest BCUT2D eigenvalue weighted by atomic mass is 32.2. The molecular weight excluding hydrogens is 314 g/mol. The minimum absolute atomic E-state index is 0.153. The highest BCUT2D eigenvalue weighted by Crippen LogP contribution is 2.25. The summed E-state index contributed by atoms with van der Waals surface area (Å²) < 4.78 is 32.6. The second-order valence-electron chi connectivity index (χ2n) is 6.21. The third-order valence-electron chi connectivity index (χ3n) is 4.29. The van der Waals surface area contributed by atoms with Gasteiger partial charge in [-0.1, -0.05) is 6.07 Å². The van der Waals surface area contributed by atoms with Gasteiger partial charge in [0, 0.05) is 6.54 Å². The number of sulfonamides is 1. The van der Waals surface area contributed by atoms with Crippen molar-refractivity contribution in [3.05, 3.63) is 53.5 Å². The molecule has 0 bridgehead atoms. The van der Waals surface area contributed by atoms with Crippen LogP contribution in [0.3, 0.4) is 0 Å². The smallest absolute Gasteiger partial charge is 0.240 e. The van der Waals surface area contributed by atoms with Crippen LogP contribution in [0.15, 0.2) is 45.9 Å². The average Bonchev–Trinajstić information content (AvgIpc) is 3.08. The van der Waals surface area contributed by atoms with Crippen molar-refractivity contribution in [1.29, 1.82) is 0 Å². The first-order valence-corrected chi connectivity index (χ1v) is 9.25. The number of rotatable bonds is 5. The van der Waals surface area contributed by atoms with Gasteiger partial charge in [0.2, 0.25) is 10.0 Å². The van der Waals surface area contributed by atoms with E-state index in [4.69, 9.17) is 4.42 Å². The van der Waals surface area contributed by atoms with E-state index >= 15 is 0 Å². The number of hydrogen-bond acceptors (Lipinski definition) is 4. The van der Waals surface area contributed by atoms with Crippen molar-refractivity contribution in [3.63, 3.8) is 0 Å². The molecular formula is C17H21NO4S. The highest BCUT2D eigenvalue weighted by molar-refractivity contribution is 7.89. The summed E-state index contributed by atoms with van der Waals surface area (Å²) in [6.07, 6.45) is 5.63. The molecule has 1 aromatic carbocycles. The van der Waals surface area contributed by atoms with Gasteiger partial charge in [0.1, 0.15) is 11.4 Å². The van der Waals surface area contributed by atoms with Crippen LogP contribution in [0.2, 0.25) is 0 Å². The second kappa shape index (κ2) is 6.11. The second-order valence-corrected chi connectivity index (χ2v) is 7.98. The monoisotopic (exact) mass is 335 g/mol. The number of nitrogens with one attached hydrogen (secondary N) is 1. The van der Waals surface area contributed by atoms with Gasteiger partial charge in [-0.2, -0.15) is 0 Å². The molecule has 1 aliphatic carbocycles. The fraction of sp³-hybridized carbons (Fsp3) is 0.412. The van der Waals surface area contributed by atoms with Gasteiger partial charge in [-0.25, -0.2) is 13.1 Å². The molecule has 23 heavy (non-hydrogen) atoms. The van der Waals surface area contributed by atoms with E-state index in [1.165, 1.54) is 18.8 Å². The number of aliphatic hydroxyl groups is 1. The topological polar surface area (TPSA) is 79.5 Å². The lowest BCUT2D eigenvalue weighted by Crippen LogP contribution is -2.38. The quantitative estimate of drug-likeness (QED) is 0.879. The molecule has 0 aliphatic heterocycles. The predicted molar refractivity (Wildman–Crippen MR) is 86.6 cm³/mol. The van der Waals surface area contributed by atoms with Gasteiger partial charge < -0.3 is 9.52 Å². The fourth-order valence-electron chi connectivity index (χ4n) is 2.87. The van der Waals surface area contributed by atoms with E-state index in [9.17, 15) is 13.5 Å². The molecule has 3 rings (SSSR count). The molecule has 1 aromatic heterocycles. The lowest BCUT2D eigenvalue weighted by Gasteiger charge is -2.22. The van der Waals surface area contributed by atoms with Crippen molar-refractivity contribution in [1.82, 2.24) is 4.72 Å². The number of benzene rings is 1. The number of aryl methyl sites for hydroxylation is 2. The maximum atomic E-state index is 12.5. The van der Waals surface area contributed by atoms with Crippen molar-refractivity contribution in [2.24, 2.45) is 0 Å². The summed E-state index contributed by atoms with van der Waals surface area (Å²) in [5.74, 6) is 0.325. The molecule has 1 aliphatic rings. The molecule has 1 unspecified atom stereocenters. The van der Waals surface area contributed by atoms with Crippen LogP contribution in [0.25, 0.3) is 0 Å². The van der Waals surface area contributed by atoms with Crippen LogP contribution in [0.5, 0.6) is 0 Å². The molecule has 0 saturated carbocycles. The SMILES string of the molecule is CC(O)(CNS(=O)(=O)c1ccc2c(c1)CCCC2)c1ccco1. The number of fused-ring (bicyclic) bond motifs is 1. The first-order chi connectivity index (χ1) is 10.9. The van der Waals surface area contributed by atoms with E-state index in [1.807, 2.05) is 6.07 Å². The Bertz CT molecular complexity index is 779. The van der Waals surface area contributed by atoms with E-state index in [-0.39, 0.29) is 11.4 Å². The molecule has 0 amide bonds. The molecule has 6 heteroatoms. The number of furan rings is 1. The standard InChI is InChI=1S/C17H21NO4S/c1-17(19,16-7-4-10-22-16)12-18-23(20,21)15-9-8-13-5-2-3-6-14(13)11-15/h4,7-11,18-19H,2-3,5-6,12H2,1H3. The Morgan fingerprint density at radius 1 is 1.22 bits per heavy atom. The van der Waals surface area contributed by atoms with Crippen LogP contribution in [0.4, 0.5) is 0 Å². The third-order valence-corrected chi connectivity index (χ3v) is 5.69. The Hall–Kier alpha value is -1.63. The Morgan fingerprint density at radius 3 is 2.65 bits per heavy atom. The van der Waals surface area contributed by atoms with Crippen LogP contribution in [-0.2, 0) is 28.5 Å². The van der Waals surface area contributed by atoms with Crippen molar-refractivity contribution < 1.29 is 17.9 Å². The normalized spacial score (nSPS) is 17.5. The van der Waals surface area contributed by atoms with Gasteiger partial charge in [-0.05, 0) is 68.0 Å². The first-order valence-electron chi connectivity index (χ1n) is 7.76. The van der Waals surface area contributed by atoms with E-state index in [2.05, 4.69) is 4.72 Å². The molecule has 2 N–H and O–H groups in total. The fourth-order valence-corrected chi connectivity index (χ4v) is 4.05. The van der Waals surface area contributed by atoms with Gasteiger partial charge in [-0.3, -0.25) is 0 Å². The van der Waals surface area contributed by atoms with Crippen molar-refractivity contribution >= 4 is 10.0 Å². The van der Waals surface area contributed by atoms with E-state index in [0.717, 1.165) is 31.2 Å². The zero-order valence-electron chi connectivity index (χ0n) is 13.1. The molecule has 0 saturated heterocycles. The maximum Gasteiger partial charge on any atom is 0.240 e. The van der Waals surface area contributed by atoms with Crippen molar-refractivity contribution in [3.8, 4) is 0 Å². The van der Waals surface area contributed by atoms with Crippen LogP contribution < -0.4 is 4.72 Å². The molecule has 2 aromatic rings. The summed E-state index contributed by atoms with van der Waals surface area (Å²) in [5, 5.41) is 10.4. The number of hydrogen-bond donors (Lipinski definition) is 2. The molecule has 0 radical (unpaired) electrons. The summed E-state index contributed by atoms with van der Waals surface area (Å²) in [5.41, 5.74) is 0.944. The zero-order valence-corrected chi connectivity index (χ0v) is 13.9. The summed E-state index contributed by atoms with van der Waals surface area (Å²) in [7, 11) is -3.67. The van der Waals surface area contributed by atoms with Crippen LogP contribution in [-0.4, -0.2) is 20.1 Å². The minimum atomic E-state index is -3.67. The van der Waals surface area contributed by atoms with Gasteiger partial charge in [0.15, 0.2) is 0 Å². The van der Waals surface area contributed by atoms with E-state index in [1.54, 1.807) is 24.3 Å². The molecule has 124 valence electrons. The van der Waals surface area contributed by atoms with Crippen LogP contribution in [0, 0.1) is 0 Å². The molecule has 1 atom stereocenters. The van der Waals surface area contributed by atoms with Gasteiger partial charge in [0.25, 0.3) is 0 Å². The van der Waals surface area contributed by atoms with E-state index < -0.39 is 15.6 Å². The van der Waals surface area contributed by atoms with Gasteiger partial charge >= 0.3 is 0 Å². The Labute approximate surface area is 136 Å². The Balaban J connectivity index is 1.77. The zero-order chi connectivity index (χ0) is 16.5. The maximum absolute atomic E-state index is 12.5. The lowest BCUT2D eigenvalue weighted by atomic mass is 9.92. The molecule has 5 nitrogen and oxygen atoms in total. The summed E-state index contributed by atoms with van der Waals surface area (Å²) in [6.45, 7) is 1.36. The van der Waals surface area contributed by atoms with Crippen LogP contribution >= 0.6 is 0 Å². The van der Waals surface area contributed by atoms with Crippen LogP contribution in [0.1, 0.15) is 36.7 Å². The third kappa shape index (κ3) is 3.49. The lowest BCUT2D eigenvalue weighted by molar-refractivity contribution is 0.0395. The minimum Gasteiger partial charge on any atom is -0.466 e. The molecule has 0 fully saturated rings. The van der Waals surface area contributed by atoms with Gasteiger partial charge in [0.05, 0.1) is 11.2 Å². The molecule has 1 heterocycles. The predicted octanol–water partition coefficient (Wildman–Crippen LogP) is 2.34. The summed E-state index contributed by atoms with van der Waals surface area (Å²) >= 11 is 0. The van der Waals surface area contributed by atoms with Crippen molar-refractivity contribution in [2.45, 2.75) is 43.1 Å². The first kappa shape index (κ1) is 16.2. The van der Waals surface area contributed by atoms with Crippen molar-refractivity contribution in [2.75, 3.05) is 6.54 Å². The van der Waals surface area contributed by atoms with E-state index in [0.29, 0.717) is 5.76 Å².